The van der Waals surface area contributed by atoms with Gasteiger partial charge in [0.2, 0.25) is 0 Å². The molecular weight excluding hydrogens is 223 g/mol. The summed E-state index contributed by atoms with van der Waals surface area (Å²) in [7, 11) is 0. The van der Waals surface area contributed by atoms with Crippen LogP contribution < -0.4 is 0 Å². The third kappa shape index (κ3) is 3.49. The Kier molecular flexibility index (Phi) is 4.24. The highest BCUT2D eigenvalue weighted by molar-refractivity contribution is 5.86. The summed E-state index contributed by atoms with van der Waals surface area (Å²) in [5.74, 6) is -10.8. The van der Waals surface area contributed by atoms with Crippen LogP contribution >= 0.6 is 0 Å². The smallest absolute Gasteiger partial charge is 0.346 e. The standard InChI is InChI=1S/C8H9F5O2/c1-5(2)6(14)15-4-8(12,13)7(10,11)3-9/h1,3-4H2,2H3. The lowest BCUT2D eigenvalue weighted by atomic mass is 10.2. The SMILES string of the molecule is C=C(C)C(=O)OCC(F)(F)C(F)(F)CF. The Labute approximate surface area is 82.7 Å². The average molecular weight is 232 g/mol. The van der Waals surface area contributed by atoms with E-state index in [2.05, 4.69) is 11.3 Å². The fourth-order valence-corrected chi connectivity index (χ4v) is 0.483. The highest BCUT2D eigenvalue weighted by atomic mass is 19.3. The largest absolute Gasteiger partial charge is 0.456 e. The summed E-state index contributed by atoms with van der Waals surface area (Å²) < 4.78 is 64.9. The molecule has 0 bridgehead atoms. The maximum absolute atomic E-state index is 12.5. The molecule has 0 spiro atoms. The number of rotatable bonds is 5. The summed E-state index contributed by atoms with van der Waals surface area (Å²) >= 11 is 0. The van der Waals surface area contributed by atoms with Gasteiger partial charge in [-0.2, -0.15) is 17.6 Å². The number of carbonyl (C=O) groups excluding carboxylic acids is 1. The Bertz CT molecular complexity index is 262. The van der Waals surface area contributed by atoms with Crippen LogP contribution in [-0.4, -0.2) is 31.1 Å². The number of alkyl halides is 5. The van der Waals surface area contributed by atoms with Gasteiger partial charge in [-0.25, -0.2) is 9.18 Å². The molecule has 0 amide bonds. The minimum atomic E-state index is -4.84. The highest BCUT2D eigenvalue weighted by Gasteiger charge is 2.57. The third-order valence-electron chi connectivity index (χ3n) is 1.44. The van der Waals surface area contributed by atoms with Crippen LogP contribution in [0.2, 0.25) is 0 Å². The second-order valence-corrected chi connectivity index (χ2v) is 2.90. The molecule has 0 aliphatic carbocycles. The zero-order chi connectivity index (χ0) is 12.3. The van der Waals surface area contributed by atoms with Gasteiger partial charge in [0, 0.05) is 5.57 Å². The Morgan fingerprint density at radius 3 is 2.07 bits per heavy atom. The monoisotopic (exact) mass is 232 g/mol. The normalized spacial score (nSPS) is 12.4. The third-order valence-corrected chi connectivity index (χ3v) is 1.44. The number of esters is 1. The molecule has 0 radical (unpaired) electrons. The van der Waals surface area contributed by atoms with E-state index in [1.807, 2.05) is 0 Å². The Hall–Kier alpha value is -1.14. The van der Waals surface area contributed by atoms with Gasteiger partial charge >= 0.3 is 17.8 Å². The number of carbonyl (C=O) groups is 1. The predicted octanol–water partition coefficient (Wildman–Crippen LogP) is 2.35. The molecule has 0 rings (SSSR count). The Balaban J connectivity index is 4.40. The molecule has 7 heteroatoms. The molecule has 0 N–H and O–H groups in total. The van der Waals surface area contributed by atoms with Gasteiger partial charge in [-0.1, -0.05) is 6.58 Å². The first-order valence-corrected chi connectivity index (χ1v) is 3.78. The minimum absolute atomic E-state index is 0.214. The van der Waals surface area contributed by atoms with Crippen LogP contribution in [0.5, 0.6) is 0 Å². The first-order chi connectivity index (χ1) is 6.64. The number of hydrogen-bond acceptors (Lipinski definition) is 2. The zero-order valence-electron chi connectivity index (χ0n) is 7.83. The van der Waals surface area contributed by atoms with Crippen molar-refractivity contribution in [3.05, 3.63) is 12.2 Å². The van der Waals surface area contributed by atoms with E-state index in [9.17, 15) is 26.7 Å². The summed E-state index contributed by atoms with van der Waals surface area (Å²) in [6.07, 6.45) is 0. The lowest BCUT2D eigenvalue weighted by molar-refractivity contribution is -0.235. The van der Waals surface area contributed by atoms with Crippen molar-refractivity contribution in [1.29, 1.82) is 0 Å². The highest BCUT2D eigenvalue weighted by Crippen LogP contribution is 2.34. The lowest BCUT2D eigenvalue weighted by Gasteiger charge is -2.23. The molecule has 0 aromatic carbocycles. The Morgan fingerprint density at radius 1 is 1.27 bits per heavy atom. The van der Waals surface area contributed by atoms with E-state index in [1.54, 1.807) is 0 Å². The molecule has 15 heavy (non-hydrogen) atoms. The van der Waals surface area contributed by atoms with E-state index in [4.69, 9.17) is 0 Å². The molecule has 0 aliphatic heterocycles. The molecule has 0 fully saturated rings. The van der Waals surface area contributed by atoms with Crippen LogP contribution in [0.15, 0.2) is 12.2 Å². The van der Waals surface area contributed by atoms with Crippen molar-refractivity contribution in [3.8, 4) is 0 Å². The molecule has 0 aliphatic rings. The fraction of sp³-hybridized carbons (Fsp3) is 0.625. The molecule has 0 heterocycles. The van der Waals surface area contributed by atoms with Crippen LogP contribution in [0, 0.1) is 0 Å². The quantitative estimate of drug-likeness (QED) is 0.413. The van der Waals surface area contributed by atoms with Crippen molar-refractivity contribution in [1.82, 2.24) is 0 Å². The summed E-state index contributed by atoms with van der Waals surface area (Å²) in [5, 5.41) is 0. The van der Waals surface area contributed by atoms with Gasteiger partial charge in [0.15, 0.2) is 13.3 Å². The summed E-state index contributed by atoms with van der Waals surface area (Å²) in [5.41, 5.74) is -0.214. The van der Waals surface area contributed by atoms with Crippen molar-refractivity contribution in [3.63, 3.8) is 0 Å². The molecule has 0 aromatic rings. The molecule has 0 saturated heterocycles. The number of hydrogen-bond donors (Lipinski definition) is 0. The number of halogens is 5. The molecule has 0 aromatic heterocycles. The summed E-state index contributed by atoms with van der Waals surface area (Å²) in [6, 6.07) is 0. The molecule has 88 valence electrons. The van der Waals surface area contributed by atoms with Crippen molar-refractivity contribution in [2.45, 2.75) is 18.8 Å². The second kappa shape index (κ2) is 4.59. The predicted molar refractivity (Wildman–Crippen MR) is 41.6 cm³/mol. The van der Waals surface area contributed by atoms with Crippen molar-refractivity contribution in [2.24, 2.45) is 0 Å². The topological polar surface area (TPSA) is 26.3 Å². The van der Waals surface area contributed by atoms with E-state index in [1.165, 1.54) is 0 Å². The van der Waals surface area contributed by atoms with Crippen LogP contribution in [0.1, 0.15) is 6.92 Å². The van der Waals surface area contributed by atoms with E-state index >= 15 is 0 Å². The summed E-state index contributed by atoms with van der Waals surface area (Å²) in [4.78, 5) is 10.6. The lowest BCUT2D eigenvalue weighted by Crippen LogP contribution is -2.46. The minimum Gasteiger partial charge on any atom is -0.456 e. The van der Waals surface area contributed by atoms with Gasteiger partial charge in [-0.3, -0.25) is 0 Å². The molecule has 2 nitrogen and oxygen atoms in total. The van der Waals surface area contributed by atoms with Crippen molar-refractivity contribution in [2.75, 3.05) is 13.3 Å². The first kappa shape index (κ1) is 13.9. The van der Waals surface area contributed by atoms with Gasteiger partial charge < -0.3 is 4.74 Å². The van der Waals surface area contributed by atoms with Crippen LogP contribution in [0.3, 0.4) is 0 Å². The molecule has 0 saturated carbocycles. The van der Waals surface area contributed by atoms with E-state index < -0.39 is 31.1 Å². The van der Waals surface area contributed by atoms with Crippen molar-refractivity contribution >= 4 is 5.97 Å². The summed E-state index contributed by atoms with van der Waals surface area (Å²) in [6.45, 7) is -0.185. The van der Waals surface area contributed by atoms with Crippen LogP contribution in [0.4, 0.5) is 22.0 Å². The average Bonchev–Trinajstić information content (AvgIpc) is 2.13. The van der Waals surface area contributed by atoms with Gasteiger partial charge in [0.25, 0.3) is 0 Å². The van der Waals surface area contributed by atoms with Crippen LogP contribution in [-0.2, 0) is 9.53 Å². The molecular formula is C8H9F5O2. The van der Waals surface area contributed by atoms with Crippen molar-refractivity contribution < 1.29 is 31.5 Å². The van der Waals surface area contributed by atoms with E-state index in [-0.39, 0.29) is 5.57 Å². The van der Waals surface area contributed by atoms with E-state index in [0.717, 1.165) is 6.92 Å². The molecule has 0 unspecified atom stereocenters. The van der Waals surface area contributed by atoms with E-state index in [0.29, 0.717) is 0 Å². The number of ether oxygens (including phenoxy) is 1. The maximum atomic E-state index is 12.5. The Morgan fingerprint density at radius 2 is 1.73 bits per heavy atom. The van der Waals surface area contributed by atoms with Crippen LogP contribution in [0.25, 0.3) is 0 Å². The maximum Gasteiger partial charge on any atom is 0.346 e. The zero-order valence-corrected chi connectivity index (χ0v) is 7.83. The van der Waals surface area contributed by atoms with Gasteiger partial charge in [-0.15, -0.1) is 0 Å². The second-order valence-electron chi connectivity index (χ2n) is 2.90. The fourth-order valence-electron chi connectivity index (χ4n) is 0.483. The van der Waals surface area contributed by atoms with Gasteiger partial charge in [0.05, 0.1) is 0 Å². The molecule has 0 atom stereocenters. The van der Waals surface area contributed by atoms with Gasteiger partial charge in [-0.05, 0) is 6.92 Å². The first-order valence-electron chi connectivity index (χ1n) is 3.78. The van der Waals surface area contributed by atoms with Gasteiger partial charge in [0.1, 0.15) is 0 Å².